The van der Waals surface area contributed by atoms with Crippen molar-refractivity contribution in [1.29, 1.82) is 0 Å². The Morgan fingerprint density at radius 1 is 1.33 bits per heavy atom. The molecule has 4 aromatic rings. The van der Waals surface area contributed by atoms with Gasteiger partial charge in [-0.2, -0.15) is 4.98 Å². The van der Waals surface area contributed by atoms with E-state index in [1.807, 2.05) is 18.2 Å². The number of thioether (sulfide) groups is 1. The number of nitrogen functional groups attached to an aromatic ring is 1. The second-order valence-electron chi connectivity index (χ2n) is 4.86. The second kappa shape index (κ2) is 6.06. The Morgan fingerprint density at radius 3 is 3.17 bits per heavy atom. The number of thiazole rings is 1. The smallest absolute Gasteiger partial charge is 0.234 e. The lowest BCUT2D eigenvalue weighted by Crippen LogP contribution is -2.14. The predicted octanol–water partition coefficient (Wildman–Crippen LogP) is 2.28. The fraction of sp³-hybridized carbons (Fsp3) is 0.0714. The molecule has 0 fully saturated rings. The molecule has 0 radical (unpaired) electrons. The Kier molecular flexibility index (Phi) is 3.75. The molecule has 10 heteroatoms. The summed E-state index contributed by atoms with van der Waals surface area (Å²) >= 11 is 2.81. The number of anilines is 2. The highest BCUT2D eigenvalue weighted by Gasteiger charge is 2.12. The van der Waals surface area contributed by atoms with Crippen molar-refractivity contribution in [2.45, 2.75) is 5.03 Å². The van der Waals surface area contributed by atoms with E-state index in [-0.39, 0.29) is 17.6 Å². The molecule has 1 aromatic carbocycles. The molecule has 4 N–H and O–H groups in total. The third-order valence-corrected chi connectivity index (χ3v) is 4.99. The highest BCUT2D eigenvalue weighted by atomic mass is 32.2. The summed E-state index contributed by atoms with van der Waals surface area (Å²) in [6.07, 6.45) is 1.52. The minimum Gasteiger partial charge on any atom is -0.368 e. The highest BCUT2D eigenvalue weighted by Crippen LogP contribution is 2.25. The monoisotopic (exact) mass is 357 g/mol. The third-order valence-electron chi connectivity index (χ3n) is 3.22. The first-order chi connectivity index (χ1) is 11.7. The maximum absolute atomic E-state index is 12.2. The van der Waals surface area contributed by atoms with Crippen LogP contribution in [0.2, 0.25) is 0 Å². The molecule has 0 atom stereocenters. The number of aromatic nitrogens is 5. The molecule has 24 heavy (non-hydrogen) atoms. The van der Waals surface area contributed by atoms with Crippen LogP contribution in [-0.2, 0) is 4.79 Å². The van der Waals surface area contributed by atoms with Gasteiger partial charge in [0, 0.05) is 5.69 Å². The molecule has 0 aliphatic heterocycles. The lowest BCUT2D eigenvalue weighted by molar-refractivity contribution is -0.113. The third kappa shape index (κ3) is 2.88. The summed E-state index contributed by atoms with van der Waals surface area (Å²) in [5.41, 5.74) is 10.3. The van der Waals surface area contributed by atoms with E-state index in [1.54, 1.807) is 5.51 Å². The maximum atomic E-state index is 12.2. The topological polar surface area (TPSA) is 122 Å². The summed E-state index contributed by atoms with van der Waals surface area (Å²) in [5.74, 6) is 0.201. The number of H-pyrrole nitrogens is 1. The number of nitrogens with zero attached hydrogens (tertiary/aromatic N) is 4. The van der Waals surface area contributed by atoms with Crippen LogP contribution < -0.4 is 11.1 Å². The molecule has 3 heterocycles. The first kappa shape index (κ1) is 14.8. The molecule has 0 spiro atoms. The minimum absolute atomic E-state index is 0.131. The van der Waals surface area contributed by atoms with E-state index in [0.29, 0.717) is 16.2 Å². The maximum Gasteiger partial charge on any atom is 0.234 e. The van der Waals surface area contributed by atoms with E-state index in [0.717, 1.165) is 15.9 Å². The number of nitrogens with two attached hydrogens (primary N) is 1. The van der Waals surface area contributed by atoms with Gasteiger partial charge in [-0.15, -0.1) is 11.3 Å². The molecule has 0 aliphatic rings. The van der Waals surface area contributed by atoms with Crippen LogP contribution in [0, 0.1) is 0 Å². The van der Waals surface area contributed by atoms with Crippen molar-refractivity contribution in [2.75, 3.05) is 16.8 Å². The van der Waals surface area contributed by atoms with Crippen LogP contribution in [0.5, 0.6) is 0 Å². The molecule has 4 rings (SSSR count). The largest absolute Gasteiger partial charge is 0.368 e. The summed E-state index contributed by atoms with van der Waals surface area (Å²) in [6.45, 7) is 0. The van der Waals surface area contributed by atoms with Gasteiger partial charge < -0.3 is 16.0 Å². The number of imidazole rings is 1. The number of hydrogen-bond acceptors (Lipinski definition) is 8. The van der Waals surface area contributed by atoms with Crippen LogP contribution in [0.4, 0.5) is 11.6 Å². The van der Waals surface area contributed by atoms with Gasteiger partial charge in [-0.25, -0.2) is 15.0 Å². The standard InChI is InChI=1S/C14H11N7OS2/c15-14-20-12-11(16-5-17-12)13(21-14)23-4-10(22)19-7-1-2-8-9(3-7)24-6-18-8/h1-3,5-6H,4H2,(H,19,22)(H3,15,16,17,20,21). The van der Waals surface area contributed by atoms with E-state index >= 15 is 0 Å². The van der Waals surface area contributed by atoms with Gasteiger partial charge in [-0.05, 0) is 18.2 Å². The Hall–Kier alpha value is -2.72. The Labute approximate surface area is 143 Å². The number of carbonyl (C=O) groups excluding carboxylic acids is 1. The van der Waals surface area contributed by atoms with Gasteiger partial charge in [-0.1, -0.05) is 11.8 Å². The number of nitrogens with one attached hydrogen (secondary N) is 2. The SMILES string of the molecule is Nc1nc(SCC(=O)Nc2ccc3ncsc3c2)c2[nH]cnc2n1. The van der Waals surface area contributed by atoms with Gasteiger partial charge in [-0.3, -0.25) is 4.79 Å². The summed E-state index contributed by atoms with van der Waals surface area (Å²) < 4.78 is 1.03. The van der Waals surface area contributed by atoms with Crippen LogP contribution in [0.1, 0.15) is 0 Å². The Balaban J connectivity index is 1.46. The van der Waals surface area contributed by atoms with Crippen molar-refractivity contribution in [3.63, 3.8) is 0 Å². The Morgan fingerprint density at radius 2 is 2.25 bits per heavy atom. The number of amides is 1. The number of carbonyl (C=O) groups is 1. The number of benzene rings is 1. The van der Waals surface area contributed by atoms with Crippen molar-refractivity contribution < 1.29 is 4.79 Å². The number of rotatable bonds is 4. The van der Waals surface area contributed by atoms with Crippen LogP contribution >= 0.6 is 23.1 Å². The molecule has 0 unspecified atom stereocenters. The van der Waals surface area contributed by atoms with Crippen LogP contribution in [0.25, 0.3) is 21.4 Å². The fourth-order valence-corrected chi connectivity index (χ4v) is 3.70. The zero-order valence-corrected chi connectivity index (χ0v) is 13.8. The lowest BCUT2D eigenvalue weighted by atomic mass is 10.3. The quantitative estimate of drug-likeness (QED) is 0.378. The molecule has 120 valence electrons. The van der Waals surface area contributed by atoms with E-state index in [4.69, 9.17) is 5.73 Å². The molecule has 8 nitrogen and oxygen atoms in total. The average Bonchev–Trinajstić information content (AvgIpc) is 3.20. The summed E-state index contributed by atoms with van der Waals surface area (Å²) in [7, 11) is 0. The van der Waals surface area contributed by atoms with Crippen molar-refractivity contribution in [1.82, 2.24) is 24.9 Å². The zero-order chi connectivity index (χ0) is 16.5. The van der Waals surface area contributed by atoms with Crippen LogP contribution in [0.15, 0.2) is 35.1 Å². The van der Waals surface area contributed by atoms with E-state index in [1.165, 1.54) is 29.4 Å². The van der Waals surface area contributed by atoms with E-state index in [9.17, 15) is 4.79 Å². The van der Waals surface area contributed by atoms with Gasteiger partial charge >= 0.3 is 0 Å². The van der Waals surface area contributed by atoms with Gasteiger partial charge in [0.2, 0.25) is 11.9 Å². The molecule has 0 bridgehead atoms. The second-order valence-corrected chi connectivity index (χ2v) is 6.71. The number of hydrogen-bond donors (Lipinski definition) is 3. The first-order valence-corrected chi connectivity index (χ1v) is 8.78. The van der Waals surface area contributed by atoms with Gasteiger partial charge in [0.05, 0.1) is 27.8 Å². The summed E-state index contributed by atoms with van der Waals surface area (Å²) in [4.78, 5) is 31.6. The predicted molar refractivity (Wildman–Crippen MR) is 95.1 cm³/mol. The normalized spacial score (nSPS) is 11.2. The van der Waals surface area contributed by atoms with Crippen LogP contribution in [-0.4, -0.2) is 36.6 Å². The number of fused-ring (bicyclic) bond motifs is 2. The summed E-state index contributed by atoms with van der Waals surface area (Å²) in [6, 6.07) is 5.62. The van der Waals surface area contributed by atoms with Crippen molar-refractivity contribution in [2.24, 2.45) is 0 Å². The first-order valence-electron chi connectivity index (χ1n) is 6.91. The molecule has 0 saturated carbocycles. The van der Waals surface area contributed by atoms with E-state index in [2.05, 4.69) is 30.2 Å². The highest BCUT2D eigenvalue weighted by molar-refractivity contribution is 8.00. The van der Waals surface area contributed by atoms with Crippen molar-refractivity contribution in [3.05, 3.63) is 30.0 Å². The molecule has 3 aromatic heterocycles. The van der Waals surface area contributed by atoms with Crippen molar-refractivity contribution in [3.8, 4) is 0 Å². The van der Waals surface area contributed by atoms with E-state index < -0.39 is 0 Å². The molecule has 0 saturated heterocycles. The van der Waals surface area contributed by atoms with Gasteiger partial charge in [0.25, 0.3) is 0 Å². The molecule has 0 aliphatic carbocycles. The minimum atomic E-state index is -0.131. The number of aromatic amines is 1. The fourth-order valence-electron chi connectivity index (χ4n) is 2.19. The zero-order valence-electron chi connectivity index (χ0n) is 12.2. The summed E-state index contributed by atoms with van der Waals surface area (Å²) in [5, 5.41) is 3.47. The van der Waals surface area contributed by atoms with Crippen LogP contribution in [0.3, 0.4) is 0 Å². The Bertz CT molecular complexity index is 1040. The average molecular weight is 357 g/mol. The van der Waals surface area contributed by atoms with Crippen molar-refractivity contribution >= 4 is 62.0 Å². The molecular weight excluding hydrogens is 346 g/mol. The van der Waals surface area contributed by atoms with Gasteiger partial charge in [0.1, 0.15) is 10.5 Å². The van der Waals surface area contributed by atoms with Gasteiger partial charge in [0.15, 0.2) is 5.65 Å². The molecule has 1 amide bonds. The lowest BCUT2D eigenvalue weighted by Gasteiger charge is -2.05. The molecular formula is C14H11N7OS2.